The van der Waals surface area contributed by atoms with Crippen molar-refractivity contribution in [1.82, 2.24) is 15.3 Å². The molecule has 0 fully saturated rings. The molecule has 0 bridgehead atoms. The van der Waals surface area contributed by atoms with E-state index < -0.39 is 0 Å². The van der Waals surface area contributed by atoms with Crippen LogP contribution in [0, 0.1) is 0 Å². The van der Waals surface area contributed by atoms with Crippen molar-refractivity contribution in [2.45, 2.75) is 6.04 Å². The van der Waals surface area contributed by atoms with Gasteiger partial charge in [-0.05, 0) is 25.2 Å². The lowest BCUT2D eigenvalue weighted by Gasteiger charge is -2.11. The summed E-state index contributed by atoms with van der Waals surface area (Å²) in [5.41, 5.74) is 2.81. The summed E-state index contributed by atoms with van der Waals surface area (Å²) in [5.74, 6) is 0. The van der Waals surface area contributed by atoms with Crippen molar-refractivity contribution >= 4 is 11.0 Å². The minimum Gasteiger partial charge on any atom is -0.394 e. The van der Waals surface area contributed by atoms with Crippen molar-refractivity contribution < 1.29 is 5.11 Å². The van der Waals surface area contributed by atoms with Crippen LogP contribution in [0.15, 0.2) is 24.4 Å². The Morgan fingerprint density at radius 1 is 1.50 bits per heavy atom. The maximum absolute atomic E-state index is 9.09. The number of aliphatic hydroxyl groups is 1. The quantitative estimate of drug-likeness (QED) is 0.673. The molecule has 0 spiro atoms. The number of rotatable bonds is 3. The molecule has 0 aliphatic carbocycles. The molecule has 2 aromatic heterocycles. The Bertz CT molecular complexity index is 420. The average Bonchev–Trinajstić information content (AvgIpc) is 2.66. The lowest BCUT2D eigenvalue weighted by atomic mass is 10.2. The third-order valence-electron chi connectivity index (χ3n) is 2.31. The largest absolute Gasteiger partial charge is 0.394 e. The van der Waals surface area contributed by atoms with Crippen molar-refractivity contribution in [2.24, 2.45) is 0 Å². The van der Waals surface area contributed by atoms with Gasteiger partial charge in [0.2, 0.25) is 0 Å². The predicted octanol–water partition coefficient (Wildman–Crippen LogP) is 0.816. The molecule has 0 amide bonds. The average molecular weight is 191 g/mol. The summed E-state index contributed by atoms with van der Waals surface area (Å²) in [5, 5.41) is 12.1. The van der Waals surface area contributed by atoms with E-state index in [1.54, 1.807) is 0 Å². The fourth-order valence-electron chi connectivity index (χ4n) is 1.48. The standard InChI is InChI=1S/C10H13N3O/c1-11-10(6-14)8-3-2-7-9(13-8)4-5-12-7/h2-5,10-12,14H,6H2,1H3. The Balaban J connectivity index is 2.42. The first-order valence-electron chi connectivity index (χ1n) is 4.57. The smallest absolute Gasteiger partial charge is 0.0882 e. The Morgan fingerprint density at radius 3 is 3.07 bits per heavy atom. The summed E-state index contributed by atoms with van der Waals surface area (Å²) in [7, 11) is 1.81. The topological polar surface area (TPSA) is 60.9 Å². The molecular formula is C10H13N3O. The van der Waals surface area contributed by atoms with Crippen LogP contribution in [-0.4, -0.2) is 28.7 Å². The van der Waals surface area contributed by atoms with Crippen LogP contribution in [0.25, 0.3) is 11.0 Å². The minimum absolute atomic E-state index is 0.0550. The molecular weight excluding hydrogens is 178 g/mol. The molecule has 2 rings (SSSR count). The number of H-pyrrole nitrogens is 1. The van der Waals surface area contributed by atoms with E-state index in [1.807, 2.05) is 31.4 Å². The second kappa shape index (κ2) is 3.77. The van der Waals surface area contributed by atoms with Gasteiger partial charge in [0.25, 0.3) is 0 Å². The van der Waals surface area contributed by atoms with Gasteiger partial charge in [0.1, 0.15) is 0 Å². The van der Waals surface area contributed by atoms with Crippen LogP contribution in [-0.2, 0) is 0 Å². The van der Waals surface area contributed by atoms with Crippen molar-refractivity contribution in [3.63, 3.8) is 0 Å². The SMILES string of the molecule is CNC(CO)c1ccc2[nH]ccc2n1. The summed E-state index contributed by atoms with van der Waals surface area (Å²) in [6.45, 7) is 0.0550. The van der Waals surface area contributed by atoms with Gasteiger partial charge in [0.15, 0.2) is 0 Å². The van der Waals surface area contributed by atoms with Crippen LogP contribution in [0.2, 0.25) is 0 Å². The van der Waals surface area contributed by atoms with Crippen LogP contribution in [0.5, 0.6) is 0 Å². The van der Waals surface area contributed by atoms with Crippen molar-refractivity contribution in [2.75, 3.05) is 13.7 Å². The third kappa shape index (κ3) is 1.49. The van der Waals surface area contributed by atoms with Gasteiger partial charge in [-0.25, -0.2) is 4.98 Å². The molecule has 4 heteroatoms. The molecule has 14 heavy (non-hydrogen) atoms. The number of aliphatic hydroxyl groups excluding tert-OH is 1. The van der Waals surface area contributed by atoms with Gasteiger partial charge >= 0.3 is 0 Å². The monoisotopic (exact) mass is 191 g/mol. The van der Waals surface area contributed by atoms with E-state index in [1.165, 1.54) is 0 Å². The van der Waals surface area contributed by atoms with Crippen molar-refractivity contribution in [1.29, 1.82) is 0 Å². The van der Waals surface area contributed by atoms with Crippen molar-refractivity contribution in [3.8, 4) is 0 Å². The lowest BCUT2D eigenvalue weighted by Crippen LogP contribution is -2.20. The maximum Gasteiger partial charge on any atom is 0.0882 e. The third-order valence-corrected chi connectivity index (χ3v) is 2.31. The molecule has 0 saturated heterocycles. The zero-order valence-electron chi connectivity index (χ0n) is 7.99. The Hall–Kier alpha value is -1.39. The molecule has 1 atom stereocenters. The van der Waals surface area contributed by atoms with Gasteiger partial charge in [0, 0.05) is 6.20 Å². The highest BCUT2D eigenvalue weighted by Crippen LogP contribution is 2.14. The van der Waals surface area contributed by atoms with Gasteiger partial charge < -0.3 is 15.4 Å². The number of fused-ring (bicyclic) bond motifs is 1. The number of hydrogen-bond acceptors (Lipinski definition) is 3. The summed E-state index contributed by atoms with van der Waals surface area (Å²) in [6.07, 6.45) is 1.86. The fourth-order valence-corrected chi connectivity index (χ4v) is 1.48. The molecule has 1 unspecified atom stereocenters. The number of likely N-dealkylation sites (N-methyl/N-ethyl adjacent to an activating group) is 1. The van der Waals surface area contributed by atoms with Crippen LogP contribution < -0.4 is 5.32 Å². The Morgan fingerprint density at radius 2 is 2.36 bits per heavy atom. The predicted molar refractivity (Wildman–Crippen MR) is 55.0 cm³/mol. The van der Waals surface area contributed by atoms with Crippen LogP contribution in [0.1, 0.15) is 11.7 Å². The summed E-state index contributed by atoms with van der Waals surface area (Å²) in [6, 6.07) is 5.71. The first-order valence-corrected chi connectivity index (χ1v) is 4.57. The Labute approximate surface area is 82.0 Å². The number of nitrogens with zero attached hydrogens (tertiary/aromatic N) is 1. The highest BCUT2D eigenvalue weighted by molar-refractivity contribution is 5.74. The molecule has 2 heterocycles. The van der Waals surface area contributed by atoms with Gasteiger partial charge in [0.05, 0.1) is 29.4 Å². The minimum atomic E-state index is -0.0886. The van der Waals surface area contributed by atoms with Gasteiger partial charge in [-0.1, -0.05) is 0 Å². The number of aromatic amines is 1. The maximum atomic E-state index is 9.09. The van der Waals surface area contributed by atoms with E-state index in [4.69, 9.17) is 5.11 Å². The van der Waals surface area contributed by atoms with Crippen molar-refractivity contribution in [3.05, 3.63) is 30.1 Å². The van der Waals surface area contributed by atoms with Gasteiger partial charge in [-0.15, -0.1) is 0 Å². The zero-order valence-corrected chi connectivity index (χ0v) is 7.99. The molecule has 3 N–H and O–H groups in total. The van der Waals surface area contributed by atoms with E-state index in [0.717, 1.165) is 16.7 Å². The van der Waals surface area contributed by atoms with Gasteiger partial charge in [-0.3, -0.25) is 0 Å². The number of pyridine rings is 1. The Kier molecular flexibility index (Phi) is 2.47. The molecule has 0 radical (unpaired) electrons. The molecule has 0 aromatic carbocycles. The fraction of sp³-hybridized carbons (Fsp3) is 0.300. The molecule has 74 valence electrons. The first-order chi connectivity index (χ1) is 6.85. The lowest BCUT2D eigenvalue weighted by molar-refractivity contribution is 0.249. The van der Waals surface area contributed by atoms with Crippen LogP contribution >= 0.6 is 0 Å². The molecule has 0 aliphatic heterocycles. The van der Waals surface area contributed by atoms with E-state index in [2.05, 4.69) is 15.3 Å². The second-order valence-electron chi connectivity index (χ2n) is 3.17. The highest BCUT2D eigenvalue weighted by atomic mass is 16.3. The van der Waals surface area contributed by atoms with E-state index in [-0.39, 0.29) is 12.6 Å². The van der Waals surface area contributed by atoms with Gasteiger partial charge in [-0.2, -0.15) is 0 Å². The number of hydrogen-bond donors (Lipinski definition) is 3. The summed E-state index contributed by atoms with van der Waals surface area (Å²) in [4.78, 5) is 7.50. The van der Waals surface area contributed by atoms with Crippen LogP contribution in [0.4, 0.5) is 0 Å². The molecule has 2 aromatic rings. The van der Waals surface area contributed by atoms with E-state index in [0.29, 0.717) is 0 Å². The number of nitrogens with one attached hydrogen (secondary N) is 2. The normalized spacial score (nSPS) is 13.3. The van der Waals surface area contributed by atoms with E-state index in [9.17, 15) is 0 Å². The summed E-state index contributed by atoms with van der Waals surface area (Å²) < 4.78 is 0. The molecule has 0 saturated carbocycles. The zero-order chi connectivity index (χ0) is 9.97. The molecule has 0 aliphatic rings. The second-order valence-corrected chi connectivity index (χ2v) is 3.17. The summed E-state index contributed by atoms with van der Waals surface area (Å²) >= 11 is 0. The molecule has 4 nitrogen and oxygen atoms in total. The first kappa shape index (κ1) is 9.18. The van der Waals surface area contributed by atoms with E-state index >= 15 is 0 Å². The number of aromatic nitrogens is 2. The van der Waals surface area contributed by atoms with Crippen LogP contribution in [0.3, 0.4) is 0 Å². The highest BCUT2D eigenvalue weighted by Gasteiger charge is 2.09.